The molecule has 3 heterocycles. The van der Waals surface area contributed by atoms with E-state index < -0.39 is 10.0 Å². The molecule has 1 aliphatic heterocycles. The molecule has 0 unspecified atom stereocenters. The van der Waals surface area contributed by atoms with Gasteiger partial charge in [0.25, 0.3) is 5.82 Å². The molecule has 7 nitrogen and oxygen atoms in total. The number of anilines is 1. The van der Waals surface area contributed by atoms with Crippen molar-refractivity contribution >= 4 is 38.6 Å². The van der Waals surface area contributed by atoms with Gasteiger partial charge >= 0.3 is 0 Å². The average Bonchev–Trinajstić information content (AvgIpc) is 3.11. The van der Waals surface area contributed by atoms with E-state index in [1.54, 1.807) is 18.2 Å². The largest absolute Gasteiger partial charge is 0.274 e. The second-order valence-electron chi connectivity index (χ2n) is 5.53. The van der Waals surface area contributed by atoms with E-state index in [1.807, 2.05) is 24.4 Å². The van der Waals surface area contributed by atoms with Crippen LogP contribution < -0.4 is 9.88 Å². The Morgan fingerprint density at radius 2 is 1.83 bits per heavy atom. The maximum atomic E-state index is 13.0. The molecule has 4 rings (SSSR count). The molecule has 0 atom stereocenters. The number of H-pyrrole nitrogens is 1. The first kappa shape index (κ1) is 15.4. The minimum atomic E-state index is -3.56. The van der Waals surface area contributed by atoms with Crippen molar-refractivity contribution in [1.29, 1.82) is 0 Å². The van der Waals surface area contributed by atoms with Crippen molar-refractivity contribution in [1.82, 2.24) is 13.1 Å². The summed E-state index contributed by atoms with van der Waals surface area (Å²) in [6.07, 6.45) is 1.87. The van der Waals surface area contributed by atoms with Crippen molar-refractivity contribution < 1.29 is 13.4 Å². The van der Waals surface area contributed by atoms with Crippen LogP contribution in [0.1, 0.15) is 0 Å². The van der Waals surface area contributed by atoms with E-state index in [9.17, 15) is 8.42 Å². The Bertz CT molecular complexity index is 950. The predicted octanol–water partition coefficient (Wildman–Crippen LogP) is 1.02. The summed E-state index contributed by atoms with van der Waals surface area (Å²) in [4.78, 5) is 5.58. The molecule has 0 saturated carbocycles. The van der Waals surface area contributed by atoms with Gasteiger partial charge in [0.2, 0.25) is 10.0 Å². The molecule has 1 aromatic carbocycles. The Kier molecular flexibility index (Phi) is 3.91. The van der Waals surface area contributed by atoms with Crippen molar-refractivity contribution in [2.24, 2.45) is 0 Å². The first-order valence-corrected chi connectivity index (χ1v) is 9.76. The van der Waals surface area contributed by atoms with Gasteiger partial charge in [0.05, 0.1) is 44.1 Å². The van der Waals surface area contributed by atoms with Gasteiger partial charge in [-0.2, -0.15) is 13.1 Å². The van der Waals surface area contributed by atoms with Gasteiger partial charge in [-0.3, -0.25) is 4.90 Å². The van der Waals surface area contributed by atoms with E-state index in [0.717, 1.165) is 17.5 Å². The van der Waals surface area contributed by atoms with Crippen molar-refractivity contribution in [3.05, 3.63) is 42.6 Å². The minimum absolute atomic E-state index is 0.244. The van der Waals surface area contributed by atoms with Gasteiger partial charge in [0.15, 0.2) is 0 Å². The lowest BCUT2D eigenvalue weighted by Crippen LogP contribution is -2.49. The van der Waals surface area contributed by atoms with Crippen molar-refractivity contribution in [3.63, 3.8) is 0 Å². The van der Waals surface area contributed by atoms with E-state index in [1.165, 1.54) is 4.31 Å². The molecule has 0 aliphatic carbocycles. The monoisotopic (exact) mass is 362 g/mol. The SMILES string of the molecule is O=S(=O)(c1cccc2nsnc12)N1CCN(c2cccc[nH+]2)CC1. The van der Waals surface area contributed by atoms with E-state index in [-0.39, 0.29) is 4.90 Å². The number of piperazine rings is 1. The average molecular weight is 362 g/mol. The fourth-order valence-corrected chi connectivity index (χ4v) is 5.05. The Morgan fingerprint density at radius 3 is 2.58 bits per heavy atom. The van der Waals surface area contributed by atoms with Crippen LogP contribution >= 0.6 is 11.7 Å². The summed E-state index contributed by atoms with van der Waals surface area (Å²) < 4.78 is 35.8. The number of aromatic amines is 1. The molecule has 2 aromatic heterocycles. The number of nitrogens with zero attached hydrogens (tertiary/aromatic N) is 4. The maximum Gasteiger partial charge on any atom is 0.274 e. The molecule has 1 aliphatic rings. The zero-order valence-corrected chi connectivity index (χ0v) is 14.4. The van der Waals surface area contributed by atoms with Crippen LogP contribution in [0.5, 0.6) is 0 Å². The van der Waals surface area contributed by atoms with Crippen LogP contribution in [0.25, 0.3) is 11.0 Å². The number of hydrogen-bond acceptors (Lipinski definition) is 6. The van der Waals surface area contributed by atoms with E-state index in [4.69, 9.17) is 0 Å². The van der Waals surface area contributed by atoms with Crippen molar-refractivity contribution in [2.45, 2.75) is 4.90 Å². The van der Waals surface area contributed by atoms with Crippen LogP contribution in [0.2, 0.25) is 0 Å². The van der Waals surface area contributed by atoms with Crippen molar-refractivity contribution in [2.75, 3.05) is 31.1 Å². The summed E-state index contributed by atoms with van der Waals surface area (Å²) in [5, 5.41) is 0. The molecular formula is C15H16N5O2S2+. The fraction of sp³-hybridized carbons (Fsp3) is 0.267. The van der Waals surface area contributed by atoms with Crippen molar-refractivity contribution in [3.8, 4) is 0 Å². The number of fused-ring (bicyclic) bond motifs is 1. The number of pyridine rings is 1. The molecule has 124 valence electrons. The third-order valence-electron chi connectivity index (χ3n) is 4.14. The Labute approximate surface area is 143 Å². The second-order valence-corrected chi connectivity index (χ2v) is 7.96. The standard InChI is InChI=1S/C15H15N5O2S2/c21-24(22,13-5-3-4-12-15(13)18-23-17-12)20-10-8-19(9-11-20)14-6-1-2-7-16-14/h1-7H,8-11H2/p+1. The third kappa shape index (κ3) is 2.64. The first-order chi connectivity index (χ1) is 11.7. The van der Waals surface area contributed by atoms with Gasteiger partial charge < -0.3 is 0 Å². The number of benzene rings is 1. The Morgan fingerprint density at radius 1 is 1.00 bits per heavy atom. The minimum Gasteiger partial charge on any atom is -0.259 e. The molecule has 9 heteroatoms. The molecule has 3 aromatic rings. The van der Waals surface area contributed by atoms with Crippen LogP contribution in [-0.2, 0) is 10.0 Å². The molecule has 0 radical (unpaired) electrons. The highest BCUT2D eigenvalue weighted by atomic mass is 32.2. The van der Waals surface area contributed by atoms with E-state index in [0.29, 0.717) is 37.2 Å². The highest BCUT2D eigenvalue weighted by Crippen LogP contribution is 2.25. The first-order valence-electron chi connectivity index (χ1n) is 7.59. The molecule has 1 fully saturated rings. The lowest BCUT2D eigenvalue weighted by atomic mass is 10.3. The smallest absolute Gasteiger partial charge is 0.259 e. The lowest BCUT2D eigenvalue weighted by Gasteiger charge is -2.30. The van der Waals surface area contributed by atoms with Crippen LogP contribution in [0.15, 0.2) is 47.5 Å². The molecular weight excluding hydrogens is 346 g/mol. The molecule has 24 heavy (non-hydrogen) atoms. The number of nitrogens with one attached hydrogen (secondary N) is 1. The predicted molar refractivity (Wildman–Crippen MR) is 91.4 cm³/mol. The van der Waals surface area contributed by atoms with Gasteiger partial charge in [-0.15, -0.1) is 0 Å². The maximum absolute atomic E-state index is 13.0. The van der Waals surface area contributed by atoms with Crippen LogP contribution in [0.3, 0.4) is 0 Å². The van der Waals surface area contributed by atoms with Gasteiger partial charge in [0.1, 0.15) is 15.9 Å². The number of hydrogen-bond donors (Lipinski definition) is 0. The van der Waals surface area contributed by atoms with Gasteiger partial charge in [0, 0.05) is 6.07 Å². The van der Waals surface area contributed by atoms with Gasteiger partial charge in [-0.1, -0.05) is 12.1 Å². The second kappa shape index (κ2) is 6.08. The topological polar surface area (TPSA) is 80.5 Å². The molecule has 1 saturated heterocycles. The zero-order valence-electron chi connectivity index (χ0n) is 12.8. The number of sulfonamides is 1. The summed E-state index contributed by atoms with van der Waals surface area (Å²) in [5.41, 5.74) is 1.08. The summed E-state index contributed by atoms with van der Waals surface area (Å²) in [7, 11) is -3.56. The molecule has 0 spiro atoms. The Hall–Kier alpha value is -2.10. The fourth-order valence-electron chi connectivity index (χ4n) is 2.88. The number of rotatable bonds is 3. The van der Waals surface area contributed by atoms with Crippen LogP contribution in [0, 0.1) is 0 Å². The highest BCUT2D eigenvalue weighted by Gasteiger charge is 2.33. The third-order valence-corrected chi connectivity index (χ3v) is 6.61. The normalized spacial score (nSPS) is 16.6. The Balaban J connectivity index is 1.58. The van der Waals surface area contributed by atoms with Gasteiger partial charge in [-0.05, 0) is 18.2 Å². The van der Waals surface area contributed by atoms with E-state index in [2.05, 4.69) is 18.6 Å². The zero-order chi connectivity index (χ0) is 16.6. The van der Waals surface area contributed by atoms with Gasteiger partial charge in [-0.25, -0.2) is 13.4 Å². The molecule has 1 N–H and O–H groups in total. The summed E-state index contributed by atoms with van der Waals surface area (Å²) >= 11 is 1.03. The van der Waals surface area contributed by atoms with Crippen LogP contribution in [0.4, 0.5) is 5.82 Å². The number of aromatic nitrogens is 3. The highest BCUT2D eigenvalue weighted by molar-refractivity contribution is 7.89. The quantitative estimate of drug-likeness (QED) is 0.695. The summed E-state index contributed by atoms with van der Waals surface area (Å²) in [6.45, 7) is 2.17. The lowest BCUT2D eigenvalue weighted by molar-refractivity contribution is -0.364. The molecule has 0 amide bonds. The molecule has 0 bridgehead atoms. The van der Waals surface area contributed by atoms with E-state index >= 15 is 0 Å². The summed E-state index contributed by atoms with van der Waals surface area (Å²) in [5.74, 6) is 1.00. The van der Waals surface area contributed by atoms with Crippen LogP contribution in [-0.4, -0.2) is 47.6 Å². The summed E-state index contributed by atoms with van der Waals surface area (Å²) in [6, 6.07) is 11.0.